The third kappa shape index (κ3) is 1.26. The fourth-order valence-electron chi connectivity index (χ4n) is 1.51. The number of fused-ring (bicyclic) bond motifs is 1. The Morgan fingerprint density at radius 1 is 1.44 bits per heavy atom. The lowest BCUT2D eigenvalue weighted by molar-refractivity contribution is 0.759. The standard InChI is InChI=1S/C6H10S.C2H6/c1-6-4-2-3-5(6)7-6;1-2/h5H,2-4H2,1H3;1-2H3. The molecule has 0 radical (unpaired) electrons. The first-order valence-electron chi connectivity index (χ1n) is 3.99. The highest BCUT2D eigenvalue weighted by atomic mass is 32.2. The maximum atomic E-state index is 2.40. The first-order chi connectivity index (χ1) is 4.31. The molecule has 0 bridgehead atoms. The molecule has 1 heteroatoms. The van der Waals surface area contributed by atoms with Crippen LogP contribution in [0.25, 0.3) is 0 Å². The van der Waals surface area contributed by atoms with Crippen molar-refractivity contribution in [2.24, 2.45) is 0 Å². The Kier molecular flexibility index (Phi) is 2.10. The Labute approximate surface area is 62.4 Å². The average Bonchev–Trinajstić information content (AvgIpc) is 2.38. The summed E-state index contributed by atoms with van der Waals surface area (Å²) in [4.78, 5) is 0. The van der Waals surface area contributed by atoms with Gasteiger partial charge in [-0.15, -0.1) is 11.8 Å². The lowest BCUT2D eigenvalue weighted by atomic mass is 10.1. The van der Waals surface area contributed by atoms with Crippen LogP contribution in [0.3, 0.4) is 0 Å². The molecule has 0 amide bonds. The van der Waals surface area contributed by atoms with Crippen molar-refractivity contribution >= 4 is 11.8 Å². The van der Waals surface area contributed by atoms with Crippen molar-refractivity contribution in [2.45, 2.75) is 50.0 Å². The monoisotopic (exact) mass is 144 g/mol. The molecule has 9 heavy (non-hydrogen) atoms. The second kappa shape index (κ2) is 2.53. The van der Waals surface area contributed by atoms with Gasteiger partial charge in [0.25, 0.3) is 0 Å². The van der Waals surface area contributed by atoms with E-state index < -0.39 is 0 Å². The summed E-state index contributed by atoms with van der Waals surface area (Å²) in [6.45, 7) is 6.40. The van der Waals surface area contributed by atoms with Gasteiger partial charge in [0.2, 0.25) is 0 Å². The van der Waals surface area contributed by atoms with Crippen molar-refractivity contribution in [1.29, 1.82) is 0 Å². The van der Waals surface area contributed by atoms with E-state index in [1.807, 2.05) is 13.8 Å². The highest BCUT2D eigenvalue weighted by molar-refractivity contribution is 8.08. The molecule has 2 aliphatic rings. The molecule has 1 saturated heterocycles. The summed E-state index contributed by atoms with van der Waals surface area (Å²) < 4.78 is 0.778. The fourth-order valence-corrected chi connectivity index (χ4v) is 2.88. The summed E-state index contributed by atoms with van der Waals surface area (Å²) in [6, 6.07) is 0. The van der Waals surface area contributed by atoms with E-state index >= 15 is 0 Å². The quantitative estimate of drug-likeness (QED) is 0.471. The fraction of sp³-hybridized carbons (Fsp3) is 1.00. The van der Waals surface area contributed by atoms with Crippen LogP contribution in [-0.4, -0.2) is 10.00 Å². The topological polar surface area (TPSA) is 0 Å². The lowest BCUT2D eigenvalue weighted by Gasteiger charge is -1.94. The minimum atomic E-state index is 0.778. The maximum absolute atomic E-state index is 2.40. The number of rotatable bonds is 0. The van der Waals surface area contributed by atoms with E-state index in [9.17, 15) is 0 Å². The zero-order chi connectivity index (χ0) is 6.91. The molecule has 0 N–H and O–H groups in total. The number of hydrogen-bond donors (Lipinski definition) is 0. The summed E-state index contributed by atoms with van der Waals surface area (Å²) in [7, 11) is 0. The highest BCUT2D eigenvalue weighted by Gasteiger charge is 2.53. The zero-order valence-electron chi connectivity index (χ0n) is 6.61. The third-order valence-electron chi connectivity index (χ3n) is 2.17. The Balaban J connectivity index is 0.000000186. The van der Waals surface area contributed by atoms with Crippen LogP contribution in [0.1, 0.15) is 40.0 Å². The minimum absolute atomic E-state index is 0.778. The van der Waals surface area contributed by atoms with Crippen molar-refractivity contribution in [3.63, 3.8) is 0 Å². The van der Waals surface area contributed by atoms with Gasteiger partial charge in [-0.2, -0.15) is 0 Å². The van der Waals surface area contributed by atoms with E-state index in [1.54, 1.807) is 0 Å². The van der Waals surface area contributed by atoms with Crippen LogP contribution < -0.4 is 0 Å². The SMILES string of the molecule is CC.CC12CCCC1S2. The van der Waals surface area contributed by atoms with E-state index in [2.05, 4.69) is 18.7 Å². The van der Waals surface area contributed by atoms with E-state index in [0.717, 1.165) is 10.00 Å². The molecule has 0 aromatic rings. The van der Waals surface area contributed by atoms with Crippen LogP contribution in [0.5, 0.6) is 0 Å². The van der Waals surface area contributed by atoms with Crippen LogP contribution in [0.4, 0.5) is 0 Å². The third-order valence-corrected chi connectivity index (χ3v) is 3.99. The number of hydrogen-bond acceptors (Lipinski definition) is 1. The molecule has 0 spiro atoms. The van der Waals surface area contributed by atoms with Crippen molar-refractivity contribution in [3.05, 3.63) is 0 Å². The van der Waals surface area contributed by atoms with Gasteiger partial charge in [0, 0.05) is 10.00 Å². The maximum Gasteiger partial charge on any atom is 0.0253 e. The summed E-state index contributed by atoms with van der Waals surface area (Å²) >= 11 is 2.18. The molecule has 0 nitrogen and oxygen atoms in total. The van der Waals surface area contributed by atoms with Gasteiger partial charge in [0.05, 0.1) is 0 Å². The Hall–Kier alpha value is 0.350. The normalized spacial score (nSPS) is 45.0. The summed E-state index contributed by atoms with van der Waals surface area (Å²) in [5, 5.41) is 1.08. The van der Waals surface area contributed by atoms with Crippen LogP contribution >= 0.6 is 11.8 Å². The summed E-state index contributed by atoms with van der Waals surface area (Å²) in [5.41, 5.74) is 0. The molecule has 2 rings (SSSR count). The predicted octanol–water partition coefficient (Wildman–Crippen LogP) is 3.07. The van der Waals surface area contributed by atoms with E-state index in [0.29, 0.717) is 0 Å². The lowest BCUT2D eigenvalue weighted by Crippen LogP contribution is -1.97. The van der Waals surface area contributed by atoms with Crippen molar-refractivity contribution in [2.75, 3.05) is 0 Å². The molecule has 0 aromatic heterocycles. The second-order valence-corrected chi connectivity index (χ2v) is 4.55. The molecule has 2 atom stereocenters. The van der Waals surface area contributed by atoms with Crippen molar-refractivity contribution in [3.8, 4) is 0 Å². The average molecular weight is 144 g/mol. The predicted molar refractivity (Wildman–Crippen MR) is 45.0 cm³/mol. The van der Waals surface area contributed by atoms with Crippen molar-refractivity contribution < 1.29 is 0 Å². The molecular weight excluding hydrogens is 128 g/mol. The molecule has 0 aromatic carbocycles. The van der Waals surface area contributed by atoms with Gasteiger partial charge in [-0.1, -0.05) is 20.3 Å². The van der Waals surface area contributed by atoms with Crippen LogP contribution in [-0.2, 0) is 0 Å². The van der Waals surface area contributed by atoms with Crippen molar-refractivity contribution in [1.82, 2.24) is 0 Å². The molecule has 1 saturated carbocycles. The van der Waals surface area contributed by atoms with Gasteiger partial charge in [-0.05, 0) is 19.8 Å². The molecule has 2 fully saturated rings. The molecule has 1 aliphatic heterocycles. The van der Waals surface area contributed by atoms with Gasteiger partial charge in [-0.25, -0.2) is 0 Å². The summed E-state index contributed by atoms with van der Waals surface area (Å²) in [6.07, 6.45) is 4.48. The molecule has 1 aliphatic carbocycles. The Morgan fingerprint density at radius 2 is 2.11 bits per heavy atom. The van der Waals surface area contributed by atoms with Gasteiger partial charge in [0.15, 0.2) is 0 Å². The van der Waals surface area contributed by atoms with Gasteiger partial charge >= 0.3 is 0 Å². The largest absolute Gasteiger partial charge is 0.149 e. The molecule has 54 valence electrons. The highest BCUT2D eigenvalue weighted by Crippen LogP contribution is 2.62. The molecule has 2 unspecified atom stereocenters. The van der Waals surface area contributed by atoms with Gasteiger partial charge in [0.1, 0.15) is 0 Å². The van der Waals surface area contributed by atoms with Gasteiger partial charge in [-0.3, -0.25) is 0 Å². The Bertz CT molecular complexity index is 98.7. The zero-order valence-corrected chi connectivity index (χ0v) is 7.42. The number of thioether (sulfide) groups is 1. The van der Waals surface area contributed by atoms with E-state index in [4.69, 9.17) is 0 Å². The molecule has 1 heterocycles. The Morgan fingerprint density at radius 3 is 2.22 bits per heavy atom. The second-order valence-electron chi connectivity index (χ2n) is 2.81. The van der Waals surface area contributed by atoms with Crippen LogP contribution in [0, 0.1) is 0 Å². The summed E-state index contributed by atoms with van der Waals surface area (Å²) in [5.74, 6) is 0. The van der Waals surface area contributed by atoms with Crippen LogP contribution in [0.2, 0.25) is 0 Å². The first kappa shape index (κ1) is 7.46. The smallest absolute Gasteiger partial charge is 0.0253 e. The van der Waals surface area contributed by atoms with E-state index in [1.165, 1.54) is 19.3 Å². The first-order valence-corrected chi connectivity index (χ1v) is 4.87. The van der Waals surface area contributed by atoms with E-state index in [-0.39, 0.29) is 0 Å². The van der Waals surface area contributed by atoms with Gasteiger partial charge < -0.3 is 0 Å². The molecular formula is C8H16S. The van der Waals surface area contributed by atoms with Crippen LogP contribution in [0.15, 0.2) is 0 Å². The minimum Gasteiger partial charge on any atom is -0.149 e.